The monoisotopic (exact) mass is 297 g/mol. The van der Waals surface area contributed by atoms with Crippen LogP contribution in [0.3, 0.4) is 0 Å². The summed E-state index contributed by atoms with van der Waals surface area (Å²) in [6.45, 7) is 1.74. The number of nitrogens with zero attached hydrogens (tertiary/aromatic N) is 1. The largest absolute Gasteiger partial charge is 0.396 e. The van der Waals surface area contributed by atoms with Gasteiger partial charge in [0, 0.05) is 36.8 Å². The van der Waals surface area contributed by atoms with Gasteiger partial charge in [-0.05, 0) is 43.0 Å². The van der Waals surface area contributed by atoms with E-state index in [1.54, 1.807) is 23.9 Å². The van der Waals surface area contributed by atoms with Crippen LogP contribution in [0, 0.1) is 11.7 Å². The molecule has 0 spiro atoms. The summed E-state index contributed by atoms with van der Waals surface area (Å²) in [5.41, 5.74) is 0. The quantitative estimate of drug-likeness (QED) is 0.849. The Morgan fingerprint density at radius 3 is 2.55 bits per heavy atom. The Bertz CT molecular complexity index is 430. The standard InChI is InChI=1S/C15H20FNO2S/c16-13-1-3-14(4-2-13)20-10-7-15(19)17-8-5-12(11-18)6-9-17/h1-4,12,18H,5-11H2. The average Bonchev–Trinajstić information content (AvgIpc) is 2.49. The number of hydrogen-bond acceptors (Lipinski definition) is 3. The van der Waals surface area contributed by atoms with Gasteiger partial charge in [-0.3, -0.25) is 4.79 Å². The van der Waals surface area contributed by atoms with Crippen molar-refractivity contribution in [2.24, 2.45) is 5.92 Å². The highest BCUT2D eigenvalue weighted by molar-refractivity contribution is 7.99. The Balaban J connectivity index is 1.69. The molecule has 20 heavy (non-hydrogen) atoms. The fourth-order valence-corrected chi connectivity index (χ4v) is 3.15. The maximum absolute atomic E-state index is 12.8. The summed E-state index contributed by atoms with van der Waals surface area (Å²) >= 11 is 1.57. The number of likely N-dealkylation sites (tertiary alicyclic amines) is 1. The summed E-state index contributed by atoms with van der Waals surface area (Å²) in [5, 5.41) is 9.07. The van der Waals surface area contributed by atoms with E-state index in [0.717, 1.165) is 30.8 Å². The highest BCUT2D eigenvalue weighted by atomic mass is 32.2. The summed E-state index contributed by atoms with van der Waals surface area (Å²) in [6, 6.07) is 6.34. The number of carbonyl (C=O) groups excluding carboxylic acids is 1. The molecule has 1 aromatic rings. The van der Waals surface area contributed by atoms with Gasteiger partial charge >= 0.3 is 0 Å². The molecule has 1 aliphatic rings. The Hall–Kier alpha value is -1.07. The van der Waals surface area contributed by atoms with E-state index in [2.05, 4.69) is 0 Å². The van der Waals surface area contributed by atoms with Crippen LogP contribution in [-0.4, -0.2) is 41.4 Å². The molecule has 3 nitrogen and oxygen atoms in total. The Labute approximate surface area is 123 Å². The SMILES string of the molecule is O=C(CCSc1ccc(F)cc1)N1CCC(CO)CC1. The van der Waals surface area contributed by atoms with Crippen molar-refractivity contribution in [3.05, 3.63) is 30.1 Å². The van der Waals surface area contributed by atoms with Crippen LogP contribution in [-0.2, 0) is 4.79 Å². The molecule has 0 aromatic heterocycles. The summed E-state index contributed by atoms with van der Waals surface area (Å²) in [6.07, 6.45) is 2.30. The lowest BCUT2D eigenvalue weighted by molar-refractivity contribution is -0.132. The molecule has 2 rings (SSSR count). The number of halogens is 1. The number of aliphatic hydroxyl groups excluding tert-OH is 1. The first-order chi connectivity index (χ1) is 9.69. The van der Waals surface area contributed by atoms with E-state index in [9.17, 15) is 9.18 Å². The lowest BCUT2D eigenvalue weighted by Crippen LogP contribution is -2.39. The maximum Gasteiger partial charge on any atom is 0.223 e. The molecule has 0 radical (unpaired) electrons. The predicted octanol–water partition coefficient (Wildman–Crippen LogP) is 2.54. The summed E-state index contributed by atoms with van der Waals surface area (Å²) in [7, 11) is 0. The smallest absolute Gasteiger partial charge is 0.223 e. The first-order valence-corrected chi connectivity index (χ1v) is 7.94. The van der Waals surface area contributed by atoms with Crippen LogP contribution < -0.4 is 0 Å². The fourth-order valence-electron chi connectivity index (χ4n) is 2.31. The molecular weight excluding hydrogens is 277 g/mol. The zero-order chi connectivity index (χ0) is 14.4. The Kier molecular flexibility index (Phi) is 5.86. The number of hydrogen-bond donors (Lipinski definition) is 1. The number of rotatable bonds is 5. The third-order valence-electron chi connectivity index (χ3n) is 3.62. The van der Waals surface area contributed by atoms with Gasteiger partial charge in [-0.15, -0.1) is 11.8 Å². The van der Waals surface area contributed by atoms with Gasteiger partial charge in [-0.25, -0.2) is 4.39 Å². The van der Waals surface area contributed by atoms with Crippen molar-refractivity contribution in [1.29, 1.82) is 0 Å². The first kappa shape index (κ1) is 15.3. The minimum absolute atomic E-state index is 0.177. The molecule has 1 amide bonds. The van der Waals surface area contributed by atoms with Crippen molar-refractivity contribution in [3.63, 3.8) is 0 Å². The zero-order valence-electron chi connectivity index (χ0n) is 11.4. The van der Waals surface area contributed by atoms with Gasteiger partial charge in [0.05, 0.1) is 0 Å². The molecule has 1 N–H and O–H groups in total. The number of thioether (sulfide) groups is 1. The number of benzene rings is 1. The van der Waals surface area contributed by atoms with Gasteiger partial charge in [0.25, 0.3) is 0 Å². The number of carbonyl (C=O) groups is 1. The van der Waals surface area contributed by atoms with Crippen LogP contribution in [0.4, 0.5) is 4.39 Å². The number of amides is 1. The van der Waals surface area contributed by atoms with E-state index in [4.69, 9.17) is 5.11 Å². The van der Waals surface area contributed by atoms with Gasteiger partial charge in [0.2, 0.25) is 5.91 Å². The van der Waals surface area contributed by atoms with Gasteiger partial charge < -0.3 is 10.0 Å². The van der Waals surface area contributed by atoms with Crippen LogP contribution in [0.2, 0.25) is 0 Å². The molecule has 1 aromatic carbocycles. The van der Waals surface area contributed by atoms with Crippen LogP contribution in [0.25, 0.3) is 0 Å². The molecule has 0 aliphatic carbocycles. The van der Waals surface area contributed by atoms with Crippen LogP contribution >= 0.6 is 11.8 Å². The van der Waals surface area contributed by atoms with Crippen molar-refractivity contribution < 1.29 is 14.3 Å². The molecule has 110 valence electrons. The minimum atomic E-state index is -0.239. The Morgan fingerprint density at radius 2 is 1.95 bits per heavy atom. The molecular formula is C15H20FNO2S. The van der Waals surface area contributed by atoms with Crippen LogP contribution in [0.1, 0.15) is 19.3 Å². The summed E-state index contributed by atoms with van der Waals surface area (Å²) < 4.78 is 12.8. The molecule has 0 unspecified atom stereocenters. The molecule has 1 aliphatic heterocycles. The Morgan fingerprint density at radius 1 is 1.30 bits per heavy atom. The van der Waals surface area contributed by atoms with E-state index in [0.29, 0.717) is 18.1 Å². The third kappa shape index (κ3) is 4.49. The number of aliphatic hydroxyl groups is 1. The highest BCUT2D eigenvalue weighted by Crippen LogP contribution is 2.21. The fraction of sp³-hybridized carbons (Fsp3) is 0.533. The van der Waals surface area contributed by atoms with Crippen molar-refractivity contribution in [1.82, 2.24) is 4.90 Å². The van der Waals surface area contributed by atoms with E-state index in [1.165, 1.54) is 12.1 Å². The predicted molar refractivity (Wildman–Crippen MR) is 78.1 cm³/mol. The average molecular weight is 297 g/mol. The van der Waals surface area contributed by atoms with Crippen molar-refractivity contribution in [3.8, 4) is 0 Å². The topological polar surface area (TPSA) is 40.5 Å². The lowest BCUT2D eigenvalue weighted by atomic mass is 9.98. The number of piperidine rings is 1. The lowest BCUT2D eigenvalue weighted by Gasteiger charge is -2.31. The van der Waals surface area contributed by atoms with Crippen molar-refractivity contribution in [2.75, 3.05) is 25.4 Å². The minimum Gasteiger partial charge on any atom is -0.396 e. The van der Waals surface area contributed by atoms with E-state index >= 15 is 0 Å². The molecule has 5 heteroatoms. The molecule has 1 fully saturated rings. The summed E-state index contributed by atoms with van der Waals surface area (Å²) in [4.78, 5) is 14.9. The molecule has 0 atom stereocenters. The first-order valence-electron chi connectivity index (χ1n) is 6.96. The summed E-state index contributed by atoms with van der Waals surface area (Å²) in [5.74, 6) is 1.01. The molecule has 1 heterocycles. The van der Waals surface area contributed by atoms with Crippen molar-refractivity contribution in [2.45, 2.75) is 24.2 Å². The second-order valence-electron chi connectivity index (χ2n) is 5.06. The molecule has 0 saturated carbocycles. The van der Waals surface area contributed by atoms with E-state index < -0.39 is 0 Å². The molecule has 0 bridgehead atoms. The van der Waals surface area contributed by atoms with E-state index in [1.807, 2.05) is 4.90 Å². The van der Waals surface area contributed by atoms with Crippen molar-refractivity contribution >= 4 is 17.7 Å². The van der Waals surface area contributed by atoms with Gasteiger partial charge in [-0.1, -0.05) is 0 Å². The van der Waals surface area contributed by atoms with Gasteiger partial charge in [-0.2, -0.15) is 0 Å². The van der Waals surface area contributed by atoms with Crippen LogP contribution in [0.15, 0.2) is 29.2 Å². The maximum atomic E-state index is 12.8. The zero-order valence-corrected chi connectivity index (χ0v) is 12.2. The van der Waals surface area contributed by atoms with E-state index in [-0.39, 0.29) is 18.3 Å². The second kappa shape index (κ2) is 7.64. The highest BCUT2D eigenvalue weighted by Gasteiger charge is 2.21. The van der Waals surface area contributed by atoms with Crippen LogP contribution in [0.5, 0.6) is 0 Å². The third-order valence-corrected chi connectivity index (χ3v) is 4.64. The second-order valence-corrected chi connectivity index (χ2v) is 6.23. The van der Waals surface area contributed by atoms with Gasteiger partial charge in [0.1, 0.15) is 5.82 Å². The normalized spacial score (nSPS) is 16.4. The van der Waals surface area contributed by atoms with Gasteiger partial charge in [0.15, 0.2) is 0 Å². The molecule has 1 saturated heterocycles.